The normalized spacial score (nSPS) is 18.3. The van der Waals surface area contributed by atoms with Gasteiger partial charge in [0.05, 0.1) is 0 Å². The highest BCUT2D eigenvalue weighted by molar-refractivity contribution is 6.30. The number of hydrogen-bond acceptors (Lipinski definition) is 3. The monoisotopic (exact) mass is 353 g/mol. The summed E-state index contributed by atoms with van der Waals surface area (Å²) in [5, 5.41) is 9.38. The number of carbonyl (C=O) groups excluding carboxylic acids is 1. The Morgan fingerprint density at radius 2 is 2.17 bits per heavy atom. The number of benzene rings is 1. The van der Waals surface area contributed by atoms with Crippen LogP contribution in [0.4, 0.5) is 0 Å². The second-order valence-electron chi connectivity index (χ2n) is 6.76. The highest BCUT2D eigenvalue weighted by Gasteiger charge is 2.36. The summed E-state index contributed by atoms with van der Waals surface area (Å²) in [6.45, 7) is 4.77. The maximum atomic E-state index is 12.8. The van der Waals surface area contributed by atoms with Gasteiger partial charge in [-0.25, -0.2) is 0 Å². The average Bonchev–Trinajstić information content (AvgIpc) is 2.52. The van der Waals surface area contributed by atoms with Crippen molar-refractivity contribution >= 4 is 23.5 Å². The molecule has 1 aliphatic heterocycles. The molecular formula is C18H24ClNO4. The van der Waals surface area contributed by atoms with Crippen molar-refractivity contribution in [3.8, 4) is 5.75 Å². The Hall–Kier alpha value is -1.75. The first kappa shape index (κ1) is 18.6. The van der Waals surface area contributed by atoms with Crippen LogP contribution >= 0.6 is 11.6 Å². The number of carbonyl (C=O) groups is 2. The number of likely N-dealkylation sites (tertiary alicyclic amines) is 1. The highest BCUT2D eigenvalue weighted by atomic mass is 35.5. The molecule has 1 saturated heterocycles. The van der Waals surface area contributed by atoms with Crippen LogP contribution in [0.3, 0.4) is 0 Å². The van der Waals surface area contributed by atoms with E-state index < -0.39 is 11.6 Å². The fraction of sp³-hybridized carbons (Fsp3) is 0.556. The molecule has 0 saturated carbocycles. The first-order valence-corrected chi connectivity index (χ1v) is 8.61. The summed E-state index contributed by atoms with van der Waals surface area (Å²) < 4.78 is 5.86. The average molecular weight is 354 g/mol. The van der Waals surface area contributed by atoms with E-state index in [1.54, 1.807) is 43.0 Å². The van der Waals surface area contributed by atoms with E-state index in [9.17, 15) is 9.59 Å². The van der Waals surface area contributed by atoms with Crippen LogP contribution < -0.4 is 4.74 Å². The van der Waals surface area contributed by atoms with E-state index in [0.717, 1.165) is 12.8 Å². The molecule has 1 aromatic rings. The molecule has 1 heterocycles. The summed E-state index contributed by atoms with van der Waals surface area (Å²) in [6, 6.07) is 6.98. The summed E-state index contributed by atoms with van der Waals surface area (Å²) in [5.41, 5.74) is -1.00. The lowest BCUT2D eigenvalue weighted by Gasteiger charge is -2.37. The van der Waals surface area contributed by atoms with Gasteiger partial charge >= 0.3 is 5.97 Å². The van der Waals surface area contributed by atoms with Crippen molar-refractivity contribution in [2.75, 3.05) is 13.1 Å². The molecule has 2 rings (SSSR count). The minimum absolute atomic E-state index is 0.0810. The smallest absolute Gasteiger partial charge is 0.303 e. The van der Waals surface area contributed by atoms with Crippen molar-refractivity contribution in [3.63, 3.8) is 0 Å². The third-order valence-electron chi connectivity index (χ3n) is 4.26. The van der Waals surface area contributed by atoms with E-state index in [0.29, 0.717) is 30.3 Å². The van der Waals surface area contributed by atoms with Gasteiger partial charge in [0.15, 0.2) is 5.60 Å². The van der Waals surface area contributed by atoms with Gasteiger partial charge in [-0.1, -0.05) is 17.7 Å². The van der Waals surface area contributed by atoms with Gasteiger partial charge in [-0.05, 0) is 57.2 Å². The van der Waals surface area contributed by atoms with Crippen LogP contribution in [0.5, 0.6) is 5.75 Å². The molecule has 1 aromatic carbocycles. The van der Waals surface area contributed by atoms with Gasteiger partial charge in [0, 0.05) is 24.5 Å². The van der Waals surface area contributed by atoms with Gasteiger partial charge in [0.2, 0.25) is 0 Å². The molecule has 0 aromatic heterocycles. The van der Waals surface area contributed by atoms with Gasteiger partial charge in [-0.15, -0.1) is 0 Å². The fourth-order valence-electron chi connectivity index (χ4n) is 3.06. The lowest BCUT2D eigenvalue weighted by molar-refractivity contribution is -0.147. The predicted molar refractivity (Wildman–Crippen MR) is 92.3 cm³/mol. The Morgan fingerprint density at radius 3 is 2.83 bits per heavy atom. The third-order valence-corrected chi connectivity index (χ3v) is 4.49. The molecule has 1 aliphatic rings. The van der Waals surface area contributed by atoms with E-state index in [1.165, 1.54) is 0 Å². The first-order chi connectivity index (χ1) is 11.3. The van der Waals surface area contributed by atoms with Gasteiger partial charge in [-0.3, -0.25) is 9.59 Å². The summed E-state index contributed by atoms with van der Waals surface area (Å²) in [4.78, 5) is 25.4. The highest BCUT2D eigenvalue weighted by Crippen LogP contribution is 2.27. The summed E-state index contributed by atoms with van der Waals surface area (Å²) >= 11 is 5.96. The van der Waals surface area contributed by atoms with Crippen LogP contribution in [0.25, 0.3) is 0 Å². The minimum Gasteiger partial charge on any atom is -0.481 e. The molecule has 5 nitrogen and oxygen atoms in total. The lowest BCUT2D eigenvalue weighted by Crippen LogP contribution is -2.52. The molecule has 24 heavy (non-hydrogen) atoms. The standard InChI is InChI=1S/C18H24ClNO4/c1-18(2,24-15-7-3-6-14(19)11-15)17(23)20-10-4-5-13(12-20)8-9-16(21)22/h3,6-7,11,13H,4-5,8-10,12H2,1-2H3,(H,21,22). The summed E-state index contributed by atoms with van der Waals surface area (Å²) in [5.74, 6) is -0.0772. The number of hydrogen-bond donors (Lipinski definition) is 1. The number of carboxylic acids is 1. The van der Waals surface area contributed by atoms with E-state index in [1.807, 2.05) is 0 Å². The number of piperidine rings is 1. The van der Waals surface area contributed by atoms with Crippen LogP contribution in [0, 0.1) is 5.92 Å². The SMILES string of the molecule is CC(C)(Oc1cccc(Cl)c1)C(=O)N1CCCC(CCC(=O)O)C1. The van der Waals surface area contributed by atoms with Gasteiger partial charge < -0.3 is 14.7 Å². The zero-order valence-corrected chi connectivity index (χ0v) is 14.9. The molecule has 1 atom stereocenters. The third kappa shape index (κ3) is 5.13. The van der Waals surface area contributed by atoms with Crippen LogP contribution in [0.15, 0.2) is 24.3 Å². The van der Waals surface area contributed by atoms with Crippen molar-refractivity contribution in [2.45, 2.75) is 45.1 Å². The Kier molecular flexibility index (Phi) is 6.10. The van der Waals surface area contributed by atoms with Gasteiger partial charge in [-0.2, -0.15) is 0 Å². The number of nitrogens with zero attached hydrogens (tertiary/aromatic N) is 1. The quantitative estimate of drug-likeness (QED) is 0.848. The Labute approximate surface area is 147 Å². The van der Waals surface area contributed by atoms with E-state index in [4.69, 9.17) is 21.4 Å². The molecule has 1 fully saturated rings. The Morgan fingerprint density at radius 1 is 1.42 bits per heavy atom. The molecule has 1 N–H and O–H groups in total. The zero-order chi connectivity index (χ0) is 17.7. The molecule has 0 aliphatic carbocycles. The lowest BCUT2D eigenvalue weighted by atomic mass is 9.92. The summed E-state index contributed by atoms with van der Waals surface area (Å²) in [6.07, 6.45) is 2.61. The van der Waals surface area contributed by atoms with Crippen molar-refractivity contribution in [1.29, 1.82) is 0 Å². The number of ether oxygens (including phenoxy) is 1. The molecule has 1 unspecified atom stereocenters. The van der Waals surface area contributed by atoms with Crippen molar-refractivity contribution < 1.29 is 19.4 Å². The second kappa shape index (κ2) is 7.88. The van der Waals surface area contributed by atoms with Crippen LogP contribution in [-0.2, 0) is 9.59 Å². The number of rotatable bonds is 6. The van der Waals surface area contributed by atoms with Crippen molar-refractivity contribution in [1.82, 2.24) is 4.90 Å². The van der Waals surface area contributed by atoms with E-state index in [2.05, 4.69) is 0 Å². The first-order valence-electron chi connectivity index (χ1n) is 8.23. The molecule has 132 valence electrons. The van der Waals surface area contributed by atoms with Crippen molar-refractivity contribution in [2.24, 2.45) is 5.92 Å². The van der Waals surface area contributed by atoms with Gasteiger partial charge in [0.25, 0.3) is 5.91 Å². The van der Waals surface area contributed by atoms with E-state index in [-0.39, 0.29) is 18.2 Å². The zero-order valence-electron chi connectivity index (χ0n) is 14.1. The maximum Gasteiger partial charge on any atom is 0.303 e. The van der Waals surface area contributed by atoms with Gasteiger partial charge in [0.1, 0.15) is 5.75 Å². The number of carboxylic acid groups (broad SMARTS) is 1. The Bertz CT molecular complexity index is 602. The predicted octanol–water partition coefficient (Wildman–Crippen LogP) is 3.60. The molecule has 1 amide bonds. The Balaban J connectivity index is 1.99. The largest absolute Gasteiger partial charge is 0.481 e. The maximum absolute atomic E-state index is 12.8. The second-order valence-corrected chi connectivity index (χ2v) is 7.20. The van der Waals surface area contributed by atoms with Crippen molar-refractivity contribution in [3.05, 3.63) is 29.3 Å². The van der Waals surface area contributed by atoms with Crippen LogP contribution in [0.1, 0.15) is 39.5 Å². The molecule has 0 spiro atoms. The van der Waals surface area contributed by atoms with Crippen LogP contribution in [0.2, 0.25) is 5.02 Å². The molecule has 6 heteroatoms. The molecular weight excluding hydrogens is 330 g/mol. The number of aliphatic carboxylic acids is 1. The molecule has 0 radical (unpaired) electrons. The topological polar surface area (TPSA) is 66.8 Å². The number of amides is 1. The summed E-state index contributed by atoms with van der Waals surface area (Å²) in [7, 11) is 0. The van der Waals surface area contributed by atoms with Crippen LogP contribution in [-0.4, -0.2) is 40.6 Å². The number of halogens is 1. The minimum atomic E-state index is -1.00. The van der Waals surface area contributed by atoms with E-state index >= 15 is 0 Å². The fourth-order valence-corrected chi connectivity index (χ4v) is 3.24. The molecule has 0 bridgehead atoms.